The first-order chi connectivity index (χ1) is 11.8. The van der Waals surface area contributed by atoms with Crippen LogP contribution in [0.1, 0.15) is 90.9 Å². The highest BCUT2D eigenvalue weighted by Crippen LogP contribution is 2.36. The third-order valence-electron chi connectivity index (χ3n) is 6.32. The van der Waals surface area contributed by atoms with E-state index >= 15 is 0 Å². The highest BCUT2D eigenvalue weighted by atomic mass is 16.5. The van der Waals surface area contributed by atoms with E-state index in [1.54, 1.807) is 0 Å². The maximum Gasteiger partial charge on any atom is 0.0494 e. The molecule has 0 spiro atoms. The van der Waals surface area contributed by atoms with Crippen LogP contribution < -0.4 is 0 Å². The third-order valence-corrected chi connectivity index (χ3v) is 6.32. The Morgan fingerprint density at radius 2 is 0.875 bits per heavy atom. The summed E-state index contributed by atoms with van der Waals surface area (Å²) in [6.45, 7) is 8.33. The van der Waals surface area contributed by atoms with Gasteiger partial charge >= 0.3 is 0 Å². The molecule has 0 atom stereocenters. The Morgan fingerprint density at radius 3 is 1.21 bits per heavy atom. The van der Waals surface area contributed by atoms with Crippen molar-refractivity contribution in [2.75, 3.05) is 26.4 Å². The first kappa shape index (κ1) is 20.2. The molecule has 0 unspecified atom stereocenters. The summed E-state index contributed by atoms with van der Waals surface area (Å²) in [6.07, 6.45) is 16.8. The normalized spacial score (nSPS) is 31.2. The molecule has 0 N–H and O–H groups in total. The minimum atomic E-state index is 0.853. The zero-order valence-electron chi connectivity index (χ0n) is 16.4. The molecule has 2 aliphatic carbocycles. The van der Waals surface area contributed by atoms with E-state index in [9.17, 15) is 0 Å². The number of rotatable bonds is 11. The van der Waals surface area contributed by atoms with Gasteiger partial charge in [-0.25, -0.2) is 0 Å². The van der Waals surface area contributed by atoms with E-state index in [0.717, 1.165) is 62.9 Å². The van der Waals surface area contributed by atoms with Crippen molar-refractivity contribution in [2.45, 2.75) is 90.9 Å². The molecule has 0 amide bonds. The average molecular weight is 339 g/mol. The van der Waals surface area contributed by atoms with E-state index in [0.29, 0.717) is 0 Å². The summed E-state index contributed by atoms with van der Waals surface area (Å²) in [5.41, 5.74) is 0. The zero-order chi connectivity index (χ0) is 17.0. The molecule has 2 heteroatoms. The molecular weight excluding hydrogens is 296 g/mol. The van der Waals surface area contributed by atoms with E-state index in [1.165, 1.54) is 64.2 Å². The molecule has 142 valence electrons. The van der Waals surface area contributed by atoms with Gasteiger partial charge in [-0.2, -0.15) is 0 Å². The van der Waals surface area contributed by atoms with Crippen molar-refractivity contribution < 1.29 is 9.47 Å². The van der Waals surface area contributed by atoms with Gasteiger partial charge in [0, 0.05) is 26.4 Å². The van der Waals surface area contributed by atoms with Crippen molar-refractivity contribution >= 4 is 0 Å². The van der Waals surface area contributed by atoms with Crippen LogP contribution in [0.25, 0.3) is 0 Å². The van der Waals surface area contributed by atoms with Crippen molar-refractivity contribution in [3.63, 3.8) is 0 Å². The maximum atomic E-state index is 5.75. The van der Waals surface area contributed by atoms with Gasteiger partial charge in [-0.05, 0) is 62.2 Å². The van der Waals surface area contributed by atoms with Crippen molar-refractivity contribution in [1.29, 1.82) is 0 Å². The van der Waals surface area contributed by atoms with Gasteiger partial charge < -0.3 is 9.47 Å². The second kappa shape index (κ2) is 12.3. The van der Waals surface area contributed by atoms with Crippen molar-refractivity contribution in [3.8, 4) is 0 Å². The smallest absolute Gasteiger partial charge is 0.0494 e. The van der Waals surface area contributed by atoms with Gasteiger partial charge in [0.05, 0.1) is 0 Å². The van der Waals surface area contributed by atoms with Gasteiger partial charge in [0.15, 0.2) is 0 Å². The molecule has 24 heavy (non-hydrogen) atoms. The zero-order valence-corrected chi connectivity index (χ0v) is 16.4. The predicted octanol–water partition coefficient (Wildman–Crippen LogP) is 6.23. The molecular formula is C22H42O2. The van der Waals surface area contributed by atoms with Crippen LogP contribution >= 0.6 is 0 Å². The lowest BCUT2D eigenvalue weighted by molar-refractivity contribution is 0.0716. The Labute approximate surface area is 151 Å². The highest BCUT2D eigenvalue weighted by Gasteiger charge is 2.24. The quantitative estimate of drug-likeness (QED) is 0.416. The summed E-state index contributed by atoms with van der Waals surface area (Å²) < 4.78 is 11.5. The Bertz CT molecular complexity index is 258. The molecule has 2 aliphatic rings. The molecule has 0 aromatic heterocycles. The third kappa shape index (κ3) is 7.87. The molecule has 0 radical (unpaired) electrons. The topological polar surface area (TPSA) is 18.5 Å². The minimum Gasteiger partial charge on any atom is -0.381 e. The van der Waals surface area contributed by atoms with Gasteiger partial charge in [0.1, 0.15) is 0 Å². The summed E-state index contributed by atoms with van der Waals surface area (Å²) in [5, 5.41) is 0. The van der Waals surface area contributed by atoms with Gasteiger partial charge in [-0.1, -0.05) is 52.4 Å². The fraction of sp³-hybridized carbons (Fsp3) is 1.00. The van der Waals surface area contributed by atoms with Gasteiger partial charge in [-0.3, -0.25) is 0 Å². The Morgan fingerprint density at radius 1 is 0.542 bits per heavy atom. The second-order valence-corrected chi connectivity index (χ2v) is 8.50. The fourth-order valence-corrected chi connectivity index (χ4v) is 4.63. The predicted molar refractivity (Wildman–Crippen MR) is 102 cm³/mol. The number of hydrogen-bond donors (Lipinski definition) is 0. The van der Waals surface area contributed by atoms with Crippen molar-refractivity contribution in [2.24, 2.45) is 23.7 Å². The summed E-state index contributed by atoms with van der Waals surface area (Å²) in [5.74, 6) is 3.73. The summed E-state index contributed by atoms with van der Waals surface area (Å²) in [7, 11) is 0. The average Bonchev–Trinajstić information content (AvgIpc) is 2.63. The fourth-order valence-electron chi connectivity index (χ4n) is 4.63. The van der Waals surface area contributed by atoms with Gasteiger partial charge in [0.2, 0.25) is 0 Å². The molecule has 0 aliphatic heterocycles. The van der Waals surface area contributed by atoms with Crippen LogP contribution in [0.15, 0.2) is 0 Å². The summed E-state index contributed by atoms with van der Waals surface area (Å²) in [4.78, 5) is 0. The van der Waals surface area contributed by atoms with Crippen LogP contribution in [0, 0.1) is 23.7 Å². The van der Waals surface area contributed by atoms with Crippen LogP contribution in [-0.4, -0.2) is 26.4 Å². The van der Waals surface area contributed by atoms with E-state index in [1.807, 2.05) is 0 Å². The van der Waals surface area contributed by atoms with Crippen LogP contribution in [-0.2, 0) is 9.47 Å². The monoisotopic (exact) mass is 338 g/mol. The molecule has 0 heterocycles. The standard InChI is InChI=1S/C22H42O2/c1-3-15-23-17-21-11-7-19(8-12-21)5-6-20-9-13-22(14-10-20)18-24-16-4-2/h19-22H,3-18H2,1-2H3/t19-,20-,21-,22-. The first-order valence-electron chi connectivity index (χ1n) is 11.0. The lowest BCUT2D eigenvalue weighted by Gasteiger charge is -2.32. The van der Waals surface area contributed by atoms with E-state index in [-0.39, 0.29) is 0 Å². The van der Waals surface area contributed by atoms with E-state index in [4.69, 9.17) is 9.47 Å². The lowest BCUT2D eigenvalue weighted by atomic mass is 9.76. The Balaban J connectivity index is 1.49. The highest BCUT2D eigenvalue weighted by molar-refractivity contribution is 4.76. The van der Waals surface area contributed by atoms with Gasteiger partial charge in [-0.15, -0.1) is 0 Å². The molecule has 0 saturated heterocycles. The van der Waals surface area contributed by atoms with E-state index < -0.39 is 0 Å². The van der Waals surface area contributed by atoms with Crippen LogP contribution in [0.2, 0.25) is 0 Å². The minimum absolute atomic E-state index is 0.853. The molecule has 0 bridgehead atoms. The maximum absolute atomic E-state index is 5.75. The Kier molecular flexibility index (Phi) is 10.4. The molecule has 2 rings (SSSR count). The van der Waals surface area contributed by atoms with Crippen LogP contribution in [0.5, 0.6) is 0 Å². The second-order valence-electron chi connectivity index (χ2n) is 8.50. The molecule has 2 fully saturated rings. The largest absolute Gasteiger partial charge is 0.381 e. The molecule has 2 saturated carbocycles. The molecule has 0 aromatic carbocycles. The van der Waals surface area contributed by atoms with Crippen molar-refractivity contribution in [3.05, 3.63) is 0 Å². The lowest BCUT2D eigenvalue weighted by Crippen LogP contribution is -2.21. The number of ether oxygens (including phenoxy) is 2. The molecule has 0 aromatic rings. The molecule has 2 nitrogen and oxygen atoms in total. The summed E-state index contributed by atoms with van der Waals surface area (Å²) >= 11 is 0. The van der Waals surface area contributed by atoms with Crippen LogP contribution in [0.3, 0.4) is 0 Å². The van der Waals surface area contributed by atoms with Crippen LogP contribution in [0.4, 0.5) is 0 Å². The van der Waals surface area contributed by atoms with E-state index in [2.05, 4.69) is 13.8 Å². The number of hydrogen-bond acceptors (Lipinski definition) is 2. The first-order valence-corrected chi connectivity index (χ1v) is 11.0. The summed E-state index contributed by atoms with van der Waals surface area (Å²) in [6, 6.07) is 0. The van der Waals surface area contributed by atoms with Gasteiger partial charge in [0.25, 0.3) is 0 Å². The SMILES string of the molecule is CCCOC[C@H]1CC[C@H](CC[C@H]2CC[C@H](COCCC)CC2)CC1. The van der Waals surface area contributed by atoms with Crippen molar-refractivity contribution in [1.82, 2.24) is 0 Å². The Hall–Kier alpha value is -0.0800.